The Balaban J connectivity index is 1.77. The van der Waals surface area contributed by atoms with Crippen molar-refractivity contribution < 1.29 is 9.47 Å². The second-order valence-electron chi connectivity index (χ2n) is 6.05. The molecule has 1 saturated heterocycles. The molecule has 0 radical (unpaired) electrons. The van der Waals surface area contributed by atoms with Gasteiger partial charge < -0.3 is 14.8 Å². The molecule has 4 nitrogen and oxygen atoms in total. The number of hydrogen-bond acceptors (Lipinski definition) is 4. The van der Waals surface area contributed by atoms with Crippen LogP contribution in [0.15, 0.2) is 24.3 Å². The molecule has 1 unspecified atom stereocenters. The summed E-state index contributed by atoms with van der Waals surface area (Å²) in [6.45, 7) is 9.61. The van der Waals surface area contributed by atoms with Crippen molar-refractivity contribution in [1.29, 1.82) is 0 Å². The van der Waals surface area contributed by atoms with E-state index in [1.807, 2.05) is 24.3 Å². The van der Waals surface area contributed by atoms with Crippen molar-refractivity contribution in [3.63, 3.8) is 0 Å². The van der Waals surface area contributed by atoms with Gasteiger partial charge in [0, 0.05) is 32.2 Å². The Kier molecular flexibility index (Phi) is 6.33. The highest BCUT2D eigenvalue weighted by molar-refractivity contribution is 5.31. The van der Waals surface area contributed by atoms with Gasteiger partial charge in [-0.1, -0.05) is 13.8 Å². The van der Waals surface area contributed by atoms with Gasteiger partial charge in [-0.2, -0.15) is 0 Å². The first kappa shape index (κ1) is 16.1. The van der Waals surface area contributed by atoms with E-state index in [9.17, 15) is 0 Å². The van der Waals surface area contributed by atoms with Crippen LogP contribution in [0.3, 0.4) is 0 Å². The fourth-order valence-electron chi connectivity index (χ4n) is 2.83. The summed E-state index contributed by atoms with van der Waals surface area (Å²) in [5.41, 5.74) is 0. The molecule has 1 aromatic carbocycles. The van der Waals surface area contributed by atoms with E-state index in [0.29, 0.717) is 6.04 Å². The number of nitrogens with one attached hydrogen (secondary N) is 1. The number of benzene rings is 1. The maximum atomic E-state index is 5.84. The molecule has 1 aromatic rings. The molecule has 1 aliphatic rings. The normalized spacial score (nSPS) is 19.7. The smallest absolute Gasteiger partial charge is 0.119 e. The molecule has 2 rings (SSSR count). The van der Waals surface area contributed by atoms with Crippen LogP contribution in [0.2, 0.25) is 0 Å². The van der Waals surface area contributed by atoms with Crippen molar-refractivity contribution in [2.45, 2.75) is 26.3 Å². The van der Waals surface area contributed by atoms with E-state index < -0.39 is 0 Å². The number of methoxy groups -OCH3 is 1. The standard InChI is InChI=1S/C17H28N2O2/c1-14(2)12-15-13-18-8-9-19(15)10-11-21-17-6-4-16(20-3)5-7-17/h4-7,14-15,18H,8-13H2,1-3H3. The predicted octanol–water partition coefficient (Wildman–Crippen LogP) is 2.39. The van der Waals surface area contributed by atoms with E-state index in [1.54, 1.807) is 7.11 Å². The number of rotatable bonds is 7. The average Bonchev–Trinajstić information content (AvgIpc) is 2.49. The van der Waals surface area contributed by atoms with Crippen molar-refractivity contribution in [3.05, 3.63) is 24.3 Å². The number of hydrogen-bond donors (Lipinski definition) is 1. The molecule has 1 atom stereocenters. The van der Waals surface area contributed by atoms with E-state index in [0.717, 1.165) is 50.2 Å². The van der Waals surface area contributed by atoms with Gasteiger partial charge in [-0.05, 0) is 36.6 Å². The van der Waals surface area contributed by atoms with Crippen molar-refractivity contribution >= 4 is 0 Å². The summed E-state index contributed by atoms with van der Waals surface area (Å²) < 4.78 is 11.0. The van der Waals surface area contributed by atoms with Gasteiger partial charge in [-0.3, -0.25) is 4.90 Å². The Labute approximate surface area is 128 Å². The fourth-order valence-corrected chi connectivity index (χ4v) is 2.83. The third kappa shape index (κ3) is 5.21. The molecule has 0 aromatic heterocycles. The average molecular weight is 292 g/mol. The number of piperazine rings is 1. The third-order valence-electron chi connectivity index (χ3n) is 3.92. The topological polar surface area (TPSA) is 33.7 Å². The minimum atomic E-state index is 0.637. The summed E-state index contributed by atoms with van der Waals surface area (Å²) in [5.74, 6) is 2.51. The van der Waals surface area contributed by atoms with Gasteiger partial charge >= 0.3 is 0 Å². The molecule has 1 heterocycles. The lowest BCUT2D eigenvalue weighted by Crippen LogP contribution is -2.52. The first-order valence-corrected chi connectivity index (χ1v) is 7.90. The summed E-state index contributed by atoms with van der Waals surface area (Å²) in [7, 11) is 1.68. The Morgan fingerprint density at radius 1 is 1.24 bits per heavy atom. The third-order valence-corrected chi connectivity index (χ3v) is 3.92. The molecule has 4 heteroatoms. The van der Waals surface area contributed by atoms with E-state index >= 15 is 0 Å². The lowest BCUT2D eigenvalue weighted by molar-refractivity contribution is 0.119. The number of ether oxygens (including phenoxy) is 2. The Bertz CT molecular complexity index is 406. The predicted molar refractivity (Wildman–Crippen MR) is 86.2 cm³/mol. The molecule has 1 N–H and O–H groups in total. The van der Waals surface area contributed by atoms with Gasteiger partial charge in [0.25, 0.3) is 0 Å². The minimum absolute atomic E-state index is 0.637. The lowest BCUT2D eigenvalue weighted by atomic mass is 10.0. The summed E-state index contributed by atoms with van der Waals surface area (Å²) in [4.78, 5) is 2.56. The SMILES string of the molecule is COc1ccc(OCCN2CCNCC2CC(C)C)cc1. The number of nitrogens with zero attached hydrogens (tertiary/aromatic N) is 1. The molecule has 1 fully saturated rings. The van der Waals surface area contributed by atoms with Gasteiger partial charge in [0.1, 0.15) is 18.1 Å². The van der Waals surface area contributed by atoms with E-state index in [-0.39, 0.29) is 0 Å². The summed E-state index contributed by atoms with van der Waals surface area (Å²) in [6, 6.07) is 8.42. The molecular weight excluding hydrogens is 264 g/mol. The minimum Gasteiger partial charge on any atom is -0.497 e. The quantitative estimate of drug-likeness (QED) is 0.837. The van der Waals surface area contributed by atoms with Crippen LogP contribution in [0.5, 0.6) is 11.5 Å². The molecule has 0 amide bonds. The van der Waals surface area contributed by atoms with Crippen LogP contribution in [0, 0.1) is 5.92 Å². The van der Waals surface area contributed by atoms with Crippen LogP contribution in [0.25, 0.3) is 0 Å². The van der Waals surface area contributed by atoms with Crippen LogP contribution in [-0.2, 0) is 0 Å². The summed E-state index contributed by atoms with van der Waals surface area (Å²) >= 11 is 0. The zero-order chi connectivity index (χ0) is 15.1. The van der Waals surface area contributed by atoms with Gasteiger partial charge in [0.05, 0.1) is 7.11 Å². The molecule has 118 valence electrons. The van der Waals surface area contributed by atoms with Crippen molar-refractivity contribution in [2.75, 3.05) is 39.9 Å². The van der Waals surface area contributed by atoms with Crippen LogP contribution < -0.4 is 14.8 Å². The highest BCUT2D eigenvalue weighted by Gasteiger charge is 2.22. The van der Waals surface area contributed by atoms with Gasteiger partial charge in [0.15, 0.2) is 0 Å². The largest absolute Gasteiger partial charge is 0.497 e. The van der Waals surface area contributed by atoms with Crippen molar-refractivity contribution in [3.8, 4) is 11.5 Å². The molecule has 0 spiro atoms. The lowest BCUT2D eigenvalue weighted by Gasteiger charge is -2.37. The van der Waals surface area contributed by atoms with Crippen LogP contribution in [-0.4, -0.2) is 50.8 Å². The molecular formula is C17H28N2O2. The molecule has 0 bridgehead atoms. The van der Waals surface area contributed by atoms with Gasteiger partial charge in [0.2, 0.25) is 0 Å². The van der Waals surface area contributed by atoms with E-state index in [1.165, 1.54) is 6.42 Å². The zero-order valence-corrected chi connectivity index (χ0v) is 13.5. The molecule has 21 heavy (non-hydrogen) atoms. The van der Waals surface area contributed by atoms with Crippen LogP contribution in [0.4, 0.5) is 0 Å². The van der Waals surface area contributed by atoms with Gasteiger partial charge in [-0.25, -0.2) is 0 Å². The fraction of sp³-hybridized carbons (Fsp3) is 0.647. The van der Waals surface area contributed by atoms with Crippen LogP contribution >= 0.6 is 0 Å². The van der Waals surface area contributed by atoms with E-state index in [4.69, 9.17) is 9.47 Å². The maximum absolute atomic E-state index is 5.84. The molecule has 0 aliphatic carbocycles. The van der Waals surface area contributed by atoms with Crippen molar-refractivity contribution in [2.24, 2.45) is 5.92 Å². The van der Waals surface area contributed by atoms with Gasteiger partial charge in [-0.15, -0.1) is 0 Å². The molecule has 1 aliphatic heterocycles. The zero-order valence-electron chi connectivity index (χ0n) is 13.5. The van der Waals surface area contributed by atoms with Crippen molar-refractivity contribution in [1.82, 2.24) is 10.2 Å². The maximum Gasteiger partial charge on any atom is 0.119 e. The second-order valence-corrected chi connectivity index (χ2v) is 6.05. The first-order chi connectivity index (χ1) is 10.2. The highest BCUT2D eigenvalue weighted by Crippen LogP contribution is 2.17. The Hall–Kier alpha value is -1.26. The summed E-state index contributed by atoms with van der Waals surface area (Å²) in [5, 5.41) is 3.49. The monoisotopic (exact) mass is 292 g/mol. The summed E-state index contributed by atoms with van der Waals surface area (Å²) in [6.07, 6.45) is 1.25. The molecule has 0 saturated carbocycles. The highest BCUT2D eigenvalue weighted by atomic mass is 16.5. The Morgan fingerprint density at radius 3 is 2.62 bits per heavy atom. The second kappa shape index (κ2) is 8.25. The Morgan fingerprint density at radius 2 is 1.95 bits per heavy atom. The van der Waals surface area contributed by atoms with E-state index in [2.05, 4.69) is 24.1 Å². The van der Waals surface area contributed by atoms with Crippen LogP contribution in [0.1, 0.15) is 20.3 Å². The first-order valence-electron chi connectivity index (χ1n) is 7.90.